The molecule has 0 spiro atoms. The second-order valence-electron chi connectivity index (χ2n) is 4.52. The van der Waals surface area contributed by atoms with Crippen molar-refractivity contribution in [1.29, 1.82) is 0 Å². The molecule has 1 aromatic rings. The van der Waals surface area contributed by atoms with Gasteiger partial charge in [-0.05, 0) is 24.1 Å². The van der Waals surface area contributed by atoms with Crippen molar-refractivity contribution in [3.8, 4) is 0 Å². The van der Waals surface area contributed by atoms with Crippen LogP contribution in [0.25, 0.3) is 0 Å². The van der Waals surface area contributed by atoms with Crippen LogP contribution in [0.3, 0.4) is 0 Å². The summed E-state index contributed by atoms with van der Waals surface area (Å²) >= 11 is 0. The first-order chi connectivity index (χ1) is 8.40. The van der Waals surface area contributed by atoms with Crippen LogP contribution >= 0.6 is 12.4 Å². The van der Waals surface area contributed by atoms with Gasteiger partial charge in [-0.1, -0.05) is 19.9 Å². The number of carbonyl (C=O) groups excluding carboxylic acids is 2. The van der Waals surface area contributed by atoms with Crippen molar-refractivity contribution in [2.45, 2.75) is 26.8 Å². The van der Waals surface area contributed by atoms with Gasteiger partial charge in [0.2, 0.25) is 11.8 Å². The molecule has 19 heavy (non-hydrogen) atoms. The number of benzene rings is 1. The summed E-state index contributed by atoms with van der Waals surface area (Å²) in [6.07, 6.45) is 0. The minimum Gasteiger partial charge on any atom is -0.326 e. The van der Waals surface area contributed by atoms with Crippen molar-refractivity contribution in [3.63, 3.8) is 0 Å². The van der Waals surface area contributed by atoms with Crippen LogP contribution in [0.4, 0.5) is 11.4 Å². The highest BCUT2D eigenvalue weighted by atomic mass is 35.5. The fraction of sp³-hybridized carbons (Fsp3) is 0.385. The maximum atomic E-state index is 11.8. The van der Waals surface area contributed by atoms with Gasteiger partial charge in [0.15, 0.2) is 0 Å². The summed E-state index contributed by atoms with van der Waals surface area (Å²) in [5.74, 6) is -0.314. The van der Waals surface area contributed by atoms with Crippen LogP contribution in [0, 0.1) is 5.92 Å². The smallest absolute Gasteiger partial charge is 0.241 e. The molecule has 0 heterocycles. The maximum Gasteiger partial charge on any atom is 0.241 e. The van der Waals surface area contributed by atoms with Crippen LogP contribution < -0.4 is 16.4 Å². The lowest BCUT2D eigenvalue weighted by Gasteiger charge is -2.15. The van der Waals surface area contributed by atoms with E-state index in [1.165, 1.54) is 6.92 Å². The fourth-order valence-corrected chi connectivity index (χ4v) is 1.41. The summed E-state index contributed by atoms with van der Waals surface area (Å²) in [5.41, 5.74) is 7.00. The van der Waals surface area contributed by atoms with Gasteiger partial charge in [0, 0.05) is 18.3 Å². The summed E-state index contributed by atoms with van der Waals surface area (Å²) in [6.45, 7) is 5.20. The highest BCUT2D eigenvalue weighted by Gasteiger charge is 2.17. The van der Waals surface area contributed by atoms with Gasteiger partial charge in [-0.25, -0.2) is 0 Å². The van der Waals surface area contributed by atoms with Crippen LogP contribution in [0.15, 0.2) is 24.3 Å². The summed E-state index contributed by atoms with van der Waals surface area (Å²) < 4.78 is 0. The van der Waals surface area contributed by atoms with E-state index in [0.717, 1.165) is 0 Å². The normalized spacial score (nSPS) is 11.4. The first-order valence-electron chi connectivity index (χ1n) is 5.84. The Morgan fingerprint density at radius 2 is 1.68 bits per heavy atom. The number of rotatable bonds is 4. The Hall–Kier alpha value is -1.59. The van der Waals surface area contributed by atoms with E-state index in [-0.39, 0.29) is 30.1 Å². The predicted molar refractivity (Wildman–Crippen MR) is 79.4 cm³/mol. The van der Waals surface area contributed by atoms with Crippen molar-refractivity contribution in [2.75, 3.05) is 10.6 Å². The molecule has 0 saturated carbocycles. The Morgan fingerprint density at radius 1 is 1.16 bits per heavy atom. The van der Waals surface area contributed by atoms with E-state index in [1.54, 1.807) is 24.3 Å². The average molecular weight is 286 g/mol. The van der Waals surface area contributed by atoms with Gasteiger partial charge < -0.3 is 16.4 Å². The Kier molecular flexibility index (Phi) is 7.11. The zero-order chi connectivity index (χ0) is 13.7. The van der Waals surface area contributed by atoms with Gasteiger partial charge in [0.05, 0.1) is 6.04 Å². The van der Waals surface area contributed by atoms with E-state index in [0.29, 0.717) is 11.4 Å². The standard InChI is InChI=1S/C13H19N3O2.ClH/c1-8(2)12(14)13(18)16-11-6-4-5-10(7-11)15-9(3)17;/h4-8,12H,14H2,1-3H3,(H,15,17)(H,16,18);1H. The maximum absolute atomic E-state index is 11.8. The Morgan fingerprint density at radius 3 is 2.16 bits per heavy atom. The predicted octanol–water partition coefficient (Wildman–Crippen LogP) is 1.99. The molecular formula is C13H20ClN3O2. The molecule has 5 nitrogen and oxygen atoms in total. The molecule has 0 aromatic heterocycles. The molecule has 1 rings (SSSR count). The first kappa shape index (κ1) is 17.4. The van der Waals surface area contributed by atoms with E-state index in [9.17, 15) is 9.59 Å². The van der Waals surface area contributed by atoms with Crippen LogP contribution in [0.2, 0.25) is 0 Å². The molecule has 0 aliphatic carbocycles. The number of amides is 2. The molecule has 6 heteroatoms. The number of anilines is 2. The third-order valence-electron chi connectivity index (χ3n) is 2.47. The molecular weight excluding hydrogens is 266 g/mol. The minimum atomic E-state index is -0.547. The van der Waals surface area contributed by atoms with Gasteiger partial charge in [0.1, 0.15) is 0 Å². The SMILES string of the molecule is CC(=O)Nc1cccc(NC(=O)C(N)C(C)C)c1.Cl. The molecule has 1 atom stereocenters. The largest absolute Gasteiger partial charge is 0.326 e. The molecule has 1 aromatic carbocycles. The number of nitrogens with one attached hydrogen (secondary N) is 2. The van der Waals surface area contributed by atoms with Crippen molar-refractivity contribution in [2.24, 2.45) is 11.7 Å². The van der Waals surface area contributed by atoms with Crippen molar-refractivity contribution in [1.82, 2.24) is 0 Å². The second kappa shape index (κ2) is 7.76. The topological polar surface area (TPSA) is 84.2 Å². The van der Waals surface area contributed by atoms with Gasteiger partial charge >= 0.3 is 0 Å². The van der Waals surface area contributed by atoms with Crippen LogP contribution in [-0.4, -0.2) is 17.9 Å². The van der Waals surface area contributed by atoms with E-state index < -0.39 is 6.04 Å². The molecule has 0 aliphatic heterocycles. The molecule has 0 bridgehead atoms. The third-order valence-corrected chi connectivity index (χ3v) is 2.47. The Bertz CT molecular complexity index is 449. The summed E-state index contributed by atoms with van der Waals surface area (Å²) in [6, 6.07) is 6.39. The lowest BCUT2D eigenvalue weighted by atomic mass is 10.0. The highest BCUT2D eigenvalue weighted by molar-refractivity contribution is 5.96. The average Bonchev–Trinajstić information content (AvgIpc) is 2.27. The van der Waals surface area contributed by atoms with E-state index in [1.807, 2.05) is 13.8 Å². The highest BCUT2D eigenvalue weighted by Crippen LogP contribution is 2.15. The Labute approximate surface area is 119 Å². The van der Waals surface area contributed by atoms with Crippen molar-refractivity contribution >= 4 is 35.6 Å². The van der Waals surface area contributed by atoms with Crippen molar-refractivity contribution < 1.29 is 9.59 Å². The molecule has 0 saturated heterocycles. The van der Waals surface area contributed by atoms with Gasteiger partial charge in [-0.3, -0.25) is 9.59 Å². The molecule has 0 fully saturated rings. The summed E-state index contributed by atoms with van der Waals surface area (Å²) in [7, 11) is 0. The molecule has 0 radical (unpaired) electrons. The second-order valence-corrected chi connectivity index (χ2v) is 4.52. The monoisotopic (exact) mass is 285 g/mol. The summed E-state index contributed by atoms with van der Waals surface area (Å²) in [5, 5.41) is 5.37. The van der Waals surface area contributed by atoms with Gasteiger partial charge in [-0.15, -0.1) is 12.4 Å². The number of hydrogen-bond donors (Lipinski definition) is 3. The van der Waals surface area contributed by atoms with E-state index >= 15 is 0 Å². The number of halogens is 1. The van der Waals surface area contributed by atoms with Crippen LogP contribution in [0.1, 0.15) is 20.8 Å². The van der Waals surface area contributed by atoms with E-state index in [2.05, 4.69) is 10.6 Å². The zero-order valence-electron chi connectivity index (χ0n) is 11.3. The number of nitrogens with two attached hydrogens (primary N) is 1. The minimum absolute atomic E-state index is 0. The molecule has 4 N–H and O–H groups in total. The van der Waals surface area contributed by atoms with Gasteiger partial charge in [0.25, 0.3) is 0 Å². The number of hydrogen-bond acceptors (Lipinski definition) is 3. The third kappa shape index (κ3) is 5.72. The lowest BCUT2D eigenvalue weighted by molar-refractivity contribution is -0.118. The fourth-order valence-electron chi connectivity index (χ4n) is 1.41. The lowest BCUT2D eigenvalue weighted by Crippen LogP contribution is -2.39. The van der Waals surface area contributed by atoms with Crippen LogP contribution in [-0.2, 0) is 9.59 Å². The quantitative estimate of drug-likeness (QED) is 0.791. The molecule has 0 aliphatic rings. The van der Waals surface area contributed by atoms with Crippen molar-refractivity contribution in [3.05, 3.63) is 24.3 Å². The number of carbonyl (C=O) groups is 2. The molecule has 1 unspecified atom stereocenters. The molecule has 2 amide bonds. The van der Waals surface area contributed by atoms with Crippen LogP contribution in [0.5, 0.6) is 0 Å². The van der Waals surface area contributed by atoms with E-state index in [4.69, 9.17) is 5.73 Å². The summed E-state index contributed by atoms with van der Waals surface area (Å²) in [4.78, 5) is 22.7. The van der Waals surface area contributed by atoms with Gasteiger partial charge in [-0.2, -0.15) is 0 Å². The first-order valence-corrected chi connectivity index (χ1v) is 5.84. The zero-order valence-corrected chi connectivity index (χ0v) is 12.1. The molecule has 106 valence electrons. The Balaban J connectivity index is 0.00000324.